The molecule has 1 aromatic rings. The van der Waals surface area contributed by atoms with Crippen molar-refractivity contribution in [1.82, 2.24) is 0 Å². The molecule has 0 amide bonds. The van der Waals surface area contributed by atoms with Crippen molar-refractivity contribution < 1.29 is 13.6 Å². The van der Waals surface area contributed by atoms with Crippen LogP contribution in [0, 0.1) is 11.6 Å². The van der Waals surface area contributed by atoms with Crippen LogP contribution in [-0.4, -0.2) is 6.29 Å². The van der Waals surface area contributed by atoms with Crippen LogP contribution in [-0.2, 0) is 10.2 Å². The summed E-state index contributed by atoms with van der Waals surface area (Å²) in [6.45, 7) is 7.43. The maximum Gasteiger partial charge on any atom is 0.145 e. The van der Waals surface area contributed by atoms with Gasteiger partial charge in [-0.25, -0.2) is 8.78 Å². The Labute approximate surface area is 119 Å². The minimum absolute atomic E-state index is 0.387. The third-order valence-corrected chi connectivity index (χ3v) is 3.21. The van der Waals surface area contributed by atoms with E-state index in [0.29, 0.717) is 17.6 Å². The van der Waals surface area contributed by atoms with E-state index in [2.05, 4.69) is 0 Å². The molecular weight excluding hydrogens is 258 g/mol. The minimum atomic E-state index is -0.681. The lowest BCUT2D eigenvalue weighted by Gasteiger charge is -2.27. The molecule has 108 valence electrons. The lowest BCUT2D eigenvalue weighted by atomic mass is 9.77. The number of rotatable bonds is 5. The molecule has 0 saturated carbocycles. The number of aldehydes is 1. The predicted octanol–water partition coefficient (Wildman–Crippen LogP) is 4.72. The smallest absolute Gasteiger partial charge is 0.145 e. The summed E-state index contributed by atoms with van der Waals surface area (Å²) in [6.07, 6.45) is 5.00. The molecule has 1 atom stereocenters. The minimum Gasteiger partial charge on any atom is -0.298 e. The number of hydrogen-bond donors (Lipinski definition) is 0. The normalized spacial score (nSPS) is 14.6. The maximum absolute atomic E-state index is 14.0. The van der Waals surface area contributed by atoms with E-state index in [1.165, 1.54) is 12.1 Å². The second kappa shape index (κ2) is 6.60. The van der Waals surface area contributed by atoms with Crippen LogP contribution < -0.4 is 0 Å². The summed E-state index contributed by atoms with van der Waals surface area (Å²) in [5, 5.41) is 0. The van der Waals surface area contributed by atoms with Crippen LogP contribution in [0.15, 0.2) is 41.5 Å². The number of benzene rings is 1. The third kappa shape index (κ3) is 4.12. The molecule has 0 bridgehead atoms. The molecule has 1 nitrogen and oxygen atoms in total. The molecule has 0 spiro atoms. The monoisotopic (exact) mass is 278 g/mol. The lowest BCUT2D eigenvalue weighted by molar-refractivity contribution is -0.104. The van der Waals surface area contributed by atoms with Crippen LogP contribution in [0.25, 0.3) is 0 Å². The van der Waals surface area contributed by atoms with Gasteiger partial charge in [0.1, 0.15) is 17.9 Å². The van der Waals surface area contributed by atoms with Crippen LogP contribution in [0.3, 0.4) is 0 Å². The van der Waals surface area contributed by atoms with Crippen molar-refractivity contribution in [2.75, 3.05) is 0 Å². The van der Waals surface area contributed by atoms with Gasteiger partial charge in [-0.3, -0.25) is 4.79 Å². The molecule has 0 radical (unpaired) electrons. The van der Waals surface area contributed by atoms with E-state index < -0.39 is 17.0 Å². The molecule has 0 N–H and O–H groups in total. The Morgan fingerprint density at radius 2 is 1.90 bits per heavy atom. The van der Waals surface area contributed by atoms with E-state index in [1.807, 2.05) is 26.8 Å². The molecule has 20 heavy (non-hydrogen) atoms. The molecule has 0 aromatic heterocycles. The zero-order chi connectivity index (χ0) is 15.3. The molecule has 1 unspecified atom stereocenters. The molecule has 0 fully saturated rings. The van der Waals surface area contributed by atoms with Crippen LogP contribution in [0.4, 0.5) is 8.78 Å². The van der Waals surface area contributed by atoms with Crippen LogP contribution in [0.5, 0.6) is 0 Å². The van der Waals surface area contributed by atoms with E-state index in [0.717, 1.165) is 17.9 Å². The summed E-state index contributed by atoms with van der Waals surface area (Å²) in [7, 11) is 0. The van der Waals surface area contributed by atoms with Crippen molar-refractivity contribution in [2.45, 2.75) is 39.5 Å². The number of halogens is 2. The molecule has 0 heterocycles. The van der Waals surface area contributed by atoms with E-state index in [1.54, 1.807) is 13.0 Å². The predicted molar refractivity (Wildman–Crippen MR) is 77.6 cm³/mol. The van der Waals surface area contributed by atoms with Crippen molar-refractivity contribution in [1.29, 1.82) is 0 Å². The second-order valence-electron chi connectivity index (χ2n) is 5.53. The highest BCUT2D eigenvalue weighted by atomic mass is 19.1. The molecule has 1 aromatic carbocycles. The summed E-state index contributed by atoms with van der Waals surface area (Å²) in [5.74, 6) is -1.20. The van der Waals surface area contributed by atoms with Gasteiger partial charge in [0, 0.05) is 11.5 Å². The first-order chi connectivity index (χ1) is 9.28. The molecule has 0 aliphatic heterocycles. The highest BCUT2D eigenvalue weighted by Crippen LogP contribution is 2.33. The van der Waals surface area contributed by atoms with Crippen molar-refractivity contribution >= 4 is 6.29 Å². The summed E-state index contributed by atoms with van der Waals surface area (Å²) in [4.78, 5) is 10.9. The van der Waals surface area contributed by atoms with Crippen LogP contribution in [0.2, 0.25) is 0 Å². The van der Waals surface area contributed by atoms with Gasteiger partial charge in [-0.2, -0.15) is 0 Å². The highest BCUT2D eigenvalue weighted by molar-refractivity contribution is 5.72. The van der Waals surface area contributed by atoms with E-state index in [-0.39, 0.29) is 0 Å². The largest absolute Gasteiger partial charge is 0.298 e. The van der Waals surface area contributed by atoms with E-state index >= 15 is 0 Å². The average molecular weight is 278 g/mol. The summed E-state index contributed by atoms with van der Waals surface area (Å²) < 4.78 is 27.1. The molecule has 0 aliphatic carbocycles. The van der Waals surface area contributed by atoms with E-state index in [4.69, 9.17) is 0 Å². The summed E-state index contributed by atoms with van der Waals surface area (Å²) in [6, 6.07) is 3.56. The summed E-state index contributed by atoms with van der Waals surface area (Å²) >= 11 is 0. The SMILES string of the molecule is CC(C)=CCC(C)(/C=C(\C)C=O)c1ccc(F)cc1F. The Kier molecular flexibility index (Phi) is 5.37. The molecule has 0 aliphatic rings. The standard InChI is InChI=1S/C17H20F2O/c1-12(2)7-8-17(4,10-13(3)11-20)15-6-5-14(18)9-16(15)19/h5-7,9-11H,8H2,1-4H3/b13-10+. The topological polar surface area (TPSA) is 17.1 Å². The number of allylic oxidation sites excluding steroid dienone is 4. The zero-order valence-electron chi connectivity index (χ0n) is 12.3. The van der Waals surface area contributed by atoms with Gasteiger partial charge in [0.2, 0.25) is 0 Å². The quantitative estimate of drug-likeness (QED) is 0.432. The first kappa shape index (κ1) is 16.3. The van der Waals surface area contributed by atoms with Gasteiger partial charge in [0.05, 0.1) is 0 Å². The average Bonchev–Trinajstić information content (AvgIpc) is 2.36. The first-order valence-corrected chi connectivity index (χ1v) is 6.52. The van der Waals surface area contributed by atoms with Gasteiger partial charge >= 0.3 is 0 Å². The van der Waals surface area contributed by atoms with Gasteiger partial charge in [-0.05, 0) is 44.4 Å². The highest BCUT2D eigenvalue weighted by Gasteiger charge is 2.26. The fourth-order valence-electron chi connectivity index (χ4n) is 2.15. The fourth-order valence-corrected chi connectivity index (χ4v) is 2.15. The van der Waals surface area contributed by atoms with E-state index in [9.17, 15) is 13.6 Å². The maximum atomic E-state index is 14.0. The Morgan fingerprint density at radius 1 is 1.25 bits per heavy atom. The molecule has 0 saturated heterocycles. The van der Waals surface area contributed by atoms with Gasteiger partial charge in [-0.1, -0.05) is 30.7 Å². The second-order valence-corrected chi connectivity index (χ2v) is 5.53. The van der Waals surface area contributed by atoms with Gasteiger partial charge in [0.25, 0.3) is 0 Å². The molecular formula is C17H20F2O. The number of carbonyl (C=O) groups is 1. The third-order valence-electron chi connectivity index (χ3n) is 3.21. The molecule has 1 rings (SSSR count). The molecule has 3 heteroatoms. The Morgan fingerprint density at radius 3 is 2.40 bits per heavy atom. The van der Waals surface area contributed by atoms with Crippen molar-refractivity contribution in [3.05, 3.63) is 58.7 Å². The Bertz CT molecular complexity index is 554. The Hall–Kier alpha value is -1.77. The lowest BCUT2D eigenvalue weighted by Crippen LogP contribution is -2.21. The zero-order valence-corrected chi connectivity index (χ0v) is 12.3. The van der Waals surface area contributed by atoms with Crippen molar-refractivity contribution in [3.63, 3.8) is 0 Å². The fraction of sp³-hybridized carbons (Fsp3) is 0.353. The van der Waals surface area contributed by atoms with Crippen LogP contribution in [0.1, 0.15) is 39.7 Å². The van der Waals surface area contributed by atoms with Gasteiger partial charge < -0.3 is 0 Å². The Balaban J connectivity index is 3.36. The van der Waals surface area contributed by atoms with Crippen LogP contribution >= 0.6 is 0 Å². The van der Waals surface area contributed by atoms with Gasteiger partial charge in [0.15, 0.2) is 0 Å². The van der Waals surface area contributed by atoms with Gasteiger partial charge in [-0.15, -0.1) is 0 Å². The van der Waals surface area contributed by atoms with Crippen molar-refractivity contribution in [3.8, 4) is 0 Å². The number of carbonyl (C=O) groups excluding carboxylic acids is 1. The van der Waals surface area contributed by atoms with Crippen molar-refractivity contribution in [2.24, 2.45) is 0 Å². The first-order valence-electron chi connectivity index (χ1n) is 6.52. The number of hydrogen-bond acceptors (Lipinski definition) is 1. The summed E-state index contributed by atoms with van der Waals surface area (Å²) in [5.41, 5.74) is 1.34.